The highest BCUT2D eigenvalue weighted by Crippen LogP contribution is 2.16. The zero-order valence-corrected chi connectivity index (χ0v) is 11.8. The molecule has 0 aliphatic carbocycles. The van der Waals surface area contributed by atoms with E-state index in [0.29, 0.717) is 4.47 Å². The lowest BCUT2D eigenvalue weighted by Crippen LogP contribution is -3.27. The van der Waals surface area contributed by atoms with Crippen molar-refractivity contribution in [2.75, 3.05) is 32.7 Å². The van der Waals surface area contributed by atoms with Crippen LogP contribution in [-0.2, 0) is 6.54 Å². The SMILES string of the molecule is CC[NH+]1CC[NH+](Cc2ccc(F)c(Br)c2)CC1. The van der Waals surface area contributed by atoms with Crippen molar-refractivity contribution >= 4 is 15.9 Å². The zero-order chi connectivity index (χ0) is 12.3. The number of halogens is 2. The summed E-state index contributed by atoms with van der Waals surface area (Å²) in [6.07, 6.45) is 0. The van der Waals surface area contributed by atoms with Gasteiger partial charge in [0.2, 0.25) is 0 Å². The van der Waals surface area contributed by atoms with E-state index in [-0.39, 0.29) is 5.82 Å². The van der Waals surface area contributed by atoms with Crippen molar-refractivity contribution in [1.82, 2.24) is 0 Å². The molecule has 1 aliphatic heterocycles. The zero-order valence-electron chi connectivity index (χ0n) is 10.2. The predicted molar refractivity (Wildman–Crippen MR) is 69.7 cm³/mol. The number of benzene rings is 1. The molecule has 0 aromatic heterocycles. The minimum absolute atomic E-state index is 0.177. The fourth-order valence-corrected chi connectivity index (χ4v) is 2.85. The van der Waals surface area contributed by atoms with Crippen LogP contribution < -0.4 is 9.80 Å². The average Bonchev–Trinajstić information content (AvgIpc) is 2.35. The van der Waals surface area contributed by atoms with Gasteiger partial charge in [-0.1, -0.05) is 6.07 Å². The van der Waals surface area contributed by atoms with E-state index >= 15 is 0 Å². The van der Waals surface area contributed by atoms with Crippen LogP contribution in [0.1, 0.15) is 12.5 Å². The van der Waals surface area contributed by atoms with Gasteiger partial charge in [-0.15, -0.1) is 0 Å². The van der Waals surface area contributed by atoms with E-state index in [1.54, 1.807) is 15.9 Å². The average molecular weight is 303 g/mol. The van der Waals surface area contributed by atoms with Gasteiger partial charge in [-0.25, -0.2) is 4.39 Å². The molecule has 17 heavy (non-hydrogen) atoms. The van der Waals surface area contributed by atoms with Crippen LogP contribution in [0.15, 0.2) is 22.7 Å². The first kappa shape index (κ1) is 13.0. The third kappa shape index (κ3) is 3.50. The Morgan fingerprint density at radius 3 is 2.41 bits per heavy atom. The Kier molecular flexibility index (Phi) is 4.54. The Bertz CT molecular complexity index is 376. The van der Waals surface area contributed by atoms with E-state index in [2.05, 4.69) is 22.9 Å². The molecule has 1 saturated heterocycles. The lowest BCUT2D eigenvalue weighted by Gasteiger charge is -2.29. The molecule has 0 radical (unpaired) electrons. The van der Waals surface area contributed by atoms with E-state index in [0.717, 1.165) is 6.54 Å². The summed E-state index contributed by atoms with van der Waals surface area (Å²) >= 11 is 3.24. The maximum absolute atomic E-state index is 13.1. The van der Waals surface area contributed by atoms with Gasteiger partial charge in [0.05, 0.1) is 11.0 Å². The number of piperazine rings is 1. The first-order valence-corrected chi connectivity index (χ1v) is 7.09. The fraction of sp³-hybridized carbons (Fsp3) is 0.538. The molecule has 0 unspecified atom stereocenters. The lowest BCUT2D eigenvalue weighted by molar-refractivity contribution is -1.02. The molecule has 2 nitrogen and oxygen atoms in total. The Morgan fingerprint density at radius 2 is 1.82 bits per heavy atom. The lowest BCUT2D eigenvalue weighted by atomic mass is 10.2. The van der Waals surface area contributed by atoms with Gasteiger partial charge in [0, 0.05) is 5.56 Å². The summed E-state index contributed by atoms with van der Waals surface area (Å²) in [5.41, 5.74) is 1.22. The van der Waals surface area contributed by atoms with Crippen LogP contribution in [0.25, 0.3) is 0 Å². The van der Waals surface area contributed by atoms with Crippen molar-refractivity contribution in [3.63, 3.8) is 0 Å². The van der Waals surface area contributed by atoms with Crippen molar-refractivity contribution in [3.8, 4) is 0 Å². The van der Waals surface area contributed by atoms with E-state index < -0.39 is 0 Å². The first-order chi connectivity index (χ1) is 8.19. The molecule has 2 rings (SSSR count). The molecule has 4 heteroatoms. The van der Waals surface area contributed by atoms with Crippen LogP contribution >= 0.6 is 15.9 Å². The fourth-order valence-electron chi connectivity index (χ4n) is 2.43. The summed E-state index contributed by atoms with van der Waals surface area (Å²) in [7, 11) is 0. The number of likely N-dealkylation sites (N-methyl/N-ethyl adjacent to an activating group) is 1. The number of quaternary nitrogens is 2. The van der Waals surface area contributed by atoms with Gasteiger partial charge in [-0.3, -0.25) is 0 Å². The van der Waals surface area contributed by atoms with Gasteiger partial charge in [-0.2, -0.15) is 0 Å². The van der Waals surface area contributed by atoms with Crippen LogP contribution in [0, 0.1) is 5.82 Å². The minimum Gasteiger partial charge on any atom is -0.326 e. The predicted octanol–water partition coefficient (Wildman–Crippen LogP) is -0.108. The second-order valence-electron chi connectivity index (χ2n) is 4.78. The third-order valence-corrected chi connectivity index (χ3v) is 4.21. The molecular weight excluding hydrogens is 283 g/mol. The highest BCUT2D eigenvalue weighted by atomic mass is 79.9. The van der Waals surface area contributed by atoms with Crippen LogP contribution in [0.4, 0.5) is 4.39 Å². The molecule has 0 amide bonds. The second kappa shape index (κ2) is 5.94. The Labute approximate surface area is 111 Å². The molecule has 1 fully saturated rings. The quantitative estimate of drug-likeness (QED) is 0.771. The number of nitrogens with one attached hydrogen (secondary N) is 2. The van der Waals surface area contributed by atoms with Crippen molar-refractivity contribution < 1.29 is 14.2 Å². The van der Waals surface area contributed by atoms with Gasteiger partial charge < -0.3 is 9.80 Å². The molecule has 1 heterocycles. The maximum atomic E-state index is 13.1. The van der Waals surface area contributed by atoms with Crippen LogP contribution in [-0.4, -0.2) is 32.7 Å². The molecule has 1 aromatic rings. The molecule has 0 saturated carbocycles. The van der Waals surface area contributed by atoms with Crippen molar-refractivity contribution in [2.24, 2.45) is 0 Å². The van der Waals surface area contributed by atoms with E-state index in [1.807, 2.05) is 12.1 Å². The summed E-state index contributed by atoms with van der Waals surface area (Å²) in [5.74, 6) is -0.177. The summed E-state index contributed by atoms with van der Waals surface area (Å²) in [5, 5.41) is 0. The normalized spacial score (nSPS) is 24.9. The molecule has 1 aliphatic rings. The van der Waals surface area contributed by atoms with Crippen molar-refractivity contribution in [2.45, 2.75) is 13.5 Å². The van der Waals surface area contributed by atoms with Gasteiger partial charge in [-0.05, 0) is 35.0 Å². The topological polar surface area (TPSA) is 8.88 Å². The Morgan fingerprint density at radius 1 is 1.18 bits per heavy atom. The Hall–Kier alpha value is -0.450. The molecular formula is C13H20BrFN2+2. The van der Waals surface area contributed by atoms with Crippen molar-refractivity contribution in [1.29, 1.82) is 0 Å². The Balaban J connectivity index is 1.91. The first-order valence-electron chi connectivity index (χ1n) is 6.30. The summed E-state index contributed by atoms with van der Waals surface area (Å²) in [6, 6.07) is 5.35. The van der Waals surface area contributed by atoms with Crippen LogP contribution in [0.5, 0.6) is 0 Å². The molecule has 0 bridgehead atoms. The van der Waals surface area contributed by atoms with Crippen LogP contribution in [0.3, 0.4) is 0 Å². The molecule has 2 N–H and O–H groups in total. The number of hydrogen-bond donors (Lipinski definition) is 2. The van der Waals surface area contributed by atoms with Gasteiger partial charge in [0.25, 0.3) is 0 Å². The van der Waals surface area contributed by atoms with Gasteiger partial charge in [0.15, 0.2) is 0 Å². The largest absolute Gasteiger partial charge is 0.326 e. The standard InChI is InChI=1S/C13H18BrFN2/c1-2-16-5-7-17(8-6-16)10-11-3-4-13(15)12(14)9-11/h3-4,9H,2,5-8,10H2,1H3/p+2. The van der Waals surface area contributed by atoms with Crippen molar-refractivity contribution in [3.05, 3.63) is 34.1 Å². The molecule has 94 valence electrons. The summed E-state index contributed by atoms with van der Waals surface area (Å²) in [6.45, 7) is 9.45. The monoisotopic (exact) mass is 302 g/mol. The van der Waals surface area contributed by atoms with E-state index in [9.17, 15) is 4.39 Å². The highest BCUT2D eigenvalue weighted by Gasteiger charge is 2.21. The van der Waals surface area contributed by atoms with Gasteiger partial charge in [0.1, 0.15) is 38.5 Å². The second-order valence-corrected chi connectivity index (χ2v) is 5.63. The molecule has 0 spiro atoms. The van der Waals surface area contributed by atoms with E-state index in [4.69, 9.17) is 0 Å². The number of rotatable bonds is 3. The van der Waals surface area contributed by atoms with Gasteiger partial charge >= 0.3 is 0 Å². The van der Waals surface area contributed by atoms with Crippen LogP contribution in [0.2, 0.25) is 0 Å². The minimum atomic E-state index is -0.177. The summed E-state index contributed by atoms with van der Waals surface area (Å²) in [4.78, 5) is 3.31. The number of hydrogen-bond acceptors (Lipinski definition) is 0. The maximum Gasteiger partial charge on any atom is 0.137 e. The molecule has 0 atom stereocenters. The molecule has 1 aromatic carbocycles. The summed E-state index contributed by atoms with van der Waals surface area (Å²) < 4.78 is 13.7. The highest BCUT2D eigenvalue weighted by molar-refractivity contribution is 9.10. The third-order valence-electron chi connectivity index (χ3n) is 3.60. The smallest absolute Gasteiger partial charge is 0.137 e. The van der Waals surface area contributed by atoms with E-state index in [1.165, 1.54) is 38.3 Å².